The van der Waals surface area contributed by atoms with Crippen molar-refractivity contribution in [2.24, 2.45) is 5.92 Å². The molecule has 27 heavy (non-hydrogen) atoms. The molecule has 0 atom stereocenters. The van der Waals surface area contributed by atoms with Gasteiger partial charge in [0.2, 0.25) is 0 Å². The van der Waals surface area contributed by atoms with Crippen molar-refractivity contribution >= 4 is 44.6 Å². The first-order valence-corrected chi connectivity index (χ1v) is 9.97. The molecule has 0 saturated carbocycles. The summed E-state index contributed by atoms with van der Waals surface area (Å²) in [6, 6.07) is 13.0. The molecule has 3 rings (SSSR count). The van der Waals surface area contributed by atoms with E-state index in [9.17, 15) is 4.79 Å². The fourth-order valence-corrected chi connectivity index (χ4v) is 4.02. The van der Waals surface area contributed by atoms with Gasteiger partial charge in [0, 0.05) is 21.8 Å². The predicted octanol–water partition coefficient (Wildman–Crippen LogP) is 6.24. The van der Waals surface area contributed by atoms with Crippen molar-refractivity contribution in [2.75, 3.05) is 19.0 Å². The third-order valence-corrected chi connectivity index (χ3v) is 5.75. The maximum atomic E-state index is 12.7. The molecule has 0 aliphatic rings. The fraction of sp³-hybridized carbons (Fsp3) is 0.286. The minimum Gasteiger partial charge on any atom is -0.497 e. The Balaban J connectivity index is 1.75. The predicted molar refractivity (Wildman–Crippen MR) is 113 cm³/mol. The Bertz CT molecular complexity index is 952. The van der Waals surface area contributed by atoms with Crippen LogP contribution in [0.4, 0.5) is 5.69 Å². The van der Waals surface area contributed by atoms with E-state index in [2.05, 4.69) is 19.2 Å². The van der Waals surface area contributed by atoms with Crippen LogP contribution in [0.3, 0.4) is 0 Å². The zero-order valence-electron chi connectivity index (χ0n) is 15.5. The number of fused-ring (bicyclic) bond motifs is 1. The first-order chi connectivity index (χ1) is 13.0. The lowest BCUT2D eigenvalue weighted by atomic mass is 10.1. The van der Waals surface area contributed by atoms with E-state index in [-0.39, 0.29) is 5.91 Å². The molecule has 0 aliphatic carbocycles. The molecule has 3 aromatic rings. The fourth-order valence-electron chi connectivity index (χ4n) is 2.58. The maximum Gasteiger partial charge on any atom is 0.267 e. The highest BCUT2D eigenvalue weighted by atomic mass is 35.5. The Labute approximate surface area is 168 Å². The summed E-state index contributed by atoms with van der Waals surface area (Å²) in [4.78, 5) is 13.2. The molecule has 0 radical (unpaired) electrons. The second-order valence-corrected chi connectivity index (χ2v) is 8.05. The normalized spacial score (nSPS) is 11.0. The van der Waals surface area contributed by atoms with Crippen molar-refractivity contribution in [3.05, 3.63) is 52.4 Å². The zero-order chi connectivity index (χ0) is 19.4. The number of ether oxygens (including phenoxy) is 2. The molecular weight excluding hydrogens is 382 g/mol. The van der Waals surface area contributed by atoms with Gasteiger partial charge in [-0.3, -0.25) is 4.79 Å². The summed E-state index contributed by atoms with van der Waals surface area (Å²) in [6.45, 7) is 4.97. The molecule has 0 aliphatic heterocycles. The molecule has 1 aromatic heterocycles. The summed E-state index contributed by atoms with van der Waals surface area (Å²) in [5, 5.41) is 4.21. The van der Waals surface area contributed by atoms with E-state index in [0.717, 1.165) is 28.0 Å². The van der Waals surface area contributed by atoms with E-state index in [1.165, 1.54) is 11.3 Å². The molecule has 1 amide bonds. The summed E-state index contributed by atoms with van der Waals surface area (Å²) >= 11 is 7.77. The third-order valence-electron chi connectivity index (χ3n) is 4.10. The average Bonchev–Trinajstić information content (AvgIpc) is 2.98. The minimum absolute atomic E-state index is 0.237. The van der Waals surface area contributed by atoms with E-state index in [1.54, 1.807) is 7.11 Å². The Kier molecular flexibility index (Phi) is 6.24. The standard InChI is InChI=1S/C21H22ClNO3S/c1-13(2)9-10-26-16-6-4-5-14(11-16)23-21(24)20-19(22)17-8-7-15(25-3)12-18(17)27-20/h4-8,11-13H,9-10H2,1-3H3,(H,23,24). The highest BCUT2D eigenvalue weighted by molar-refractivity contribution is 7.21. The van der Waals surface area contributed by atoms with Crippen LogP contribution in [0, 0.1) is 5.92 Å². The molecular formula is C21H22ClNO3S. The lowest BCUT2D eigenvalue weighted by Crippen LogP contribution is -2.10. The molecule has 4 nitrogen and oxygen atoms in total. The van der Waals surface area contributed by atoms with E-state index in [0.29, 0.717) is 28.1 Å². The zero-order valence-corrected chi connectivity index (χ0v) is 17.1. The van der Waals surface area contributed by atoms with Crippen molar-refractivity contribution in [1.29, 1.82) is 0 Å². The van der Waals surface area contributed by atoms with Gasteiger partial charge in [0.05, 0.1) is 18.7 Å². The topological polar surface area (TPSA) is 47.6 Å². The number of carbonyl (C=O) groups excluding carboxylic acids is 1. The van der Waals surface area contributed by atoms with Crippen molar-refractivity contribution in [2.45, 2.75) is 20.3 Å². The van der Waals surface area contributed by atoms with E-state index in [1.807, 2.05) is 42.5 Å². The van der Waals surface area contributed by atoms with Crippen LogP contribution in [-0.2, 0) is 0 Å². The Morgan fingerprint density at radius 3 is 2.74 bits per heavy atom. The van der Waals surface area contributed by atoms with Crippen molar-refractivity contribution in [3.63, 3.8) is 0 Å². The van der Waals surface area contributed by atoms with Crippen LogP contribution in [-0.4, -0.2) is 19.6 Å². The van der Waals surface area contributed by atoms with Crippen molar-refractivity contribution in [3.8, 4) is 11.5 Å². The van der Waals surface area contributed by atoms with E-state index in [4.69, 9.17) is 21.1 Å². The Hall–Kier alpha value is -2.24. The third kappa shape index (κ3) is 4.73. The number of rotatable bonds is 7. The number of benzene rings is 2. The molecule has 0 saturated heterocycles. The van der Waals surface area contributed by atoms with Crippen LogP contribution < -0.4 is 14.8 Å². The lowest BCUT2D eigenvalue weighted by Gasteiger charge is -2.10. The second-order valence-electron chi connectivity index (χ2n) is 6.62. The number of halogens is 1. The highest BCUT2D eigenvalue weighted by Crippen LogP contribution is 2.37. The molecule has 0 fully saturated rings. The van der Waals surface area contributed by atoms with Gasteiger partial charge in [-0.05, 0) is 42.7 Å². The first-order valence-electron chi connectivity index (χ1n) is 8.78. The van der Waals surface area contributed by atoms with Crippen LogP contribution in [0.2, 0.25) is 5.02 Å². The average molecular weight is 404 g/mol. The van der Waals surface area contributed by atoms with Gasteiger partial charge in [-0.25, -0.2) is 0 Å². The highest BCUT2D eigenvalue weighted by Gasteiger charge is 2.18. The van der Waals surface area contributed by atoms with Gasteiger partial charge in [-0.15, -0.1) is 11.3 Å². The molecule has 6 heteroatoms. The number of nitrogens with one attached hydrogen (secondary N) is 1. The number of carbonyl (C=O) groups is 1. The second kappa shape index (κ2) is 8.63. The van der Waals surface area contributed by atoms with Gasteiger partial charge in [0.15, 0.2) is 0 Å². The van der Waals surface area contributed by atoms with E-state index >= 15 is 0 Å². The first kappa shape index (κ1) is 19.5. The summed E-state index contributed by atoms with van der Waals surface area (Å²) in [5.74, 6) is 1.82. The van der Waals surface area contributed by atoms with Gasteiger partial charge < -0.3 is 14.8 Å². The van der Waals surface area contributed by atoms with Crippen LogP contribution >= 0.6 is 22.9 Å². The molecule has 0 bridgehead atoms. The van der Waals surface area contributed by atoms with Crippen molar-refractivity contribution < 1.29 is 14.3 Å². The number of anilines is 1. The quantitative estimate of drug-likeness (QED) is 0.507. The Morgan fingerprint density at radius 2 is 2.00 bits per heavy atom. The molecule has 0 spiro atoms. The largest absolute Gasteiger partial charge is 0.497 e. The van der Waals surface area contributed by atoms with Gasteiger partial charge in [-0.1, -0.05) is 31.5 Å². The summed E-state index contributed by atoms with van der Waals surface area (Å²) in [6.07, 6.45) is 0.984. The molecule has 1 N–H and O–H groups in total. The molecule has 0 unspecified atom stereocenters. The summed E-state index contributed by atoms with van der Waals surface area (Å²) in [5.41, 5.74) is 0.674. The van der Waals surface area contributed by atoms with Crippen LogP contribution in [0.15, 0.2) is 42.5 Å². The summed E-state index contributed by atoms with van der Waals surface area (Å²) < 4.78 is 11.9. The summed E-state index contributed by atoms with van der Waals surface area (Å²) in [7, 11) is 1.61. The van der Waals surface area contributed by atoms with Gasteiger partial charge in [0.1, 0.15) is 16.4 Å². The SMILES string of the molecule is COc1ccc2c(Cl)c(C(=O)Nc3cccc(OCCC(C)C)c3)sc2c1. The molecule has 2 aromatic carbocycles. The smallest absolute Gasteiger partial charge is 0.267 e. The Morgan fingerprint density at radius 1 is 1.19 bits per heavy atom. The lowest BCUT2D eigenvalue weighted by molar-refractivity contribution is 0.103. The maximum absolute atomic E-state index is 12.7. The van der Waals surface area contributed by atoms with Crippen LogP contribution in [0.1, 0.15) is 29.9 Å². The number of hydrogen-bond donors (Lipinski definition) is 1. The number of hydrogen-bond acceptors (Lipinski definition) is 4. The number of thiophene rings is 1. The van der Waals surface area contributed by atoms with Crippen molar-refractivity contribution in [1.82, 2.24) is 0 Å². The van der Waals surface area contributed by atoms with Crippen LogP contribution in [0.5, 0.6) is 11.5 Å². The molecule has 142 valence electrons. The number of amides is 1. The van der Waals surface area contributed by atoms with Crippen LogP contribution in [0.25, 0.3) is 10.1 Å². The van der Waals surface area contributed by atoms with Gasteiger partial charge in [-0.2, -0.15) is 0 Å². The van der Waals surface area contributed by atoms with E-state index < -0.39 is 0 Å². The monoisotopic (exact) mass is 403 g/mol. The van der Waals surface area contributed by atoms with Gasteiger partial charge in [0.25, 0.3) is 5.91 Å². The minimum atomic E-state index is -0.237. The van der Waals surface area contributed by atoms with Gasteiger partial charge >= 0.3 is 0 Å². The number of methoxy groups -OCH3 is 1. The molecule has 1 heterocycles.